The van der Waals surface area contributed by atoms with Gasteiger partial charge >= 0.3 is 11.0 Å². The molecule has 0 aliphatic carbocycles. The number of carboxylic acids is 1. The van der Waals surface area contributed by atoms with E-state index in [1.807, 2.05) is 0 Å². The molecule has 1 aromatic rings. The van der Waals surface area contributed by atoms with Crippen molar-refractivity contribution in [3.05, 3.63) is 32.7 Å². The Morgan fingerprint density at radius 3 is 2.81 bits per heavy atom. The summed E-state index contributed by atoms with van der Waals surface area (Å²) in [5.41, 5.74) is 0.248. The van der Waals surface area contributed by atoms with E-state index in [4.69, 9.17) is 5.11 Å². The molecule has 1 heterocycles. The highest BCUT2D eigenvalue weighted by molar-refractivity contribution is 7.17. The number of aliphatic carboxylic acids is 1. The van der Waals surface area contributed by atoms with Crippen LogP contribution in [0.15, 0.2) is 12.1 Å². The lowest BCUT2D eigenvalue weighted by Gasteiger charge is -1.87. The summed E-state index contributed by atoms with van der Waals surface area (Å²) < 4.78 is 0. The van der Waals surface area contributed by atoms with Crippen LogP contribution in [0.4, 0.5) is 5.00 Å². The molecular formula is C9H7NO5S. The first-order chi connectivity index (χ1) is 7.54. The lowest BCUT2D eigenvalue weighted by molar-refractivity contribution is -0.380. The van der Waals surface area contributed by atoms with E-state index >= 15 is 0 Å². The zero-order chi connectivity index (χ0) is 12.1. The molecule has 1 rings (SSSR count). The molecule has 0 spiro atoms. The molecule has 84 valence electrons. The van der Waals surface area contributed by atoms with E-state index in [2.05, 4.69) is 0 Å². The second-order valence-electron chi connectivity index (χ2n) is 2.78. The maximum atomic E-state index is 10.6. The lowest BCUT2D eigenvalue weighted by atomic mass is 10.2. The predicted octanol–water partition coefficient (Wildman–Crippen LogP) is 1.96. The van der Waals surface area contributed by atoms with Crippen molar-refractivity contribution in [1.29, 1.82) is 0 Å². The summed E-state index contributed by atoms with van der Waals surface area (Å²) in [5.74, 6) is -1.02. The van der Waals surface area contributed by atoms with Crippen LogP contribution in [-0.2, 0) is 4.79 Å². The summed E-state index contributed by atoms with van der Waals surface area (Å²) >= 11 is 0.761. The lowest BCUT2D eigenvalue weighted by Crippen LogP contribution is -1.90. The van der Waals surface area contributed by atoms with Gasteiger partial charge in [0.25, 0.3) is 0 Å². The molecule has 0 aliphatic heterocycles. The van der Waals surface area contributed by atoms with Crippen LogP contribution in [-0.4, -0.2) is 22.3 Å². The first kappa shape index (κ1) is 12.1. The van der Waals surface area contributed by atoms with Gasteiger partial charge in [-0.1, -0.05) is 23.5 Å². The van der Waals surface area contributed by atoms with E-state index in [0.29, 0.717) is 6.29 Å². The van der Waals surface area contributed by atoms with Gasteiger partial charge in [-0.2, -0.15) is 0 Å². The topological polar surface area (TPSA) is 97.5 Å². The average molecular weight is 241 g/mol. The van der Waals surface area contributed by atoms with Gasteiger partial charge in [-0.3, -0.25) is 19.7 Å². The largest absolute Gasteiger partial charge is 0.481 e. The average Bonchev–Trinajstić information content (AvgIpc) is 2.60. The van der Waals surface area contributed by atoms with Gasteiger partial charge in [0.15, 0.2) is 6.29 Å². The standard InChI is InChI=1S/C9H7NO5S/c11-5-7-4-6(2-1-3-8(12)13)9(16-7)10(14)15/h1-2,4-5H,3H2,(H,12,13). The van der Waals surface area contributed by atoms with Gasteiger partial charge < -0.3 is 5.11 Å². The highest BCUT2D eigenvalue weighted by Crippen LogP contribution is 2.30. The monoisotopic (exact) mass is 241 g/mol. The zero-order valence-electron chi connectivity index (χ0n) is 7.95. The molecule has 16 heavy (non-hydrogen) atoms. The Labute approximate surface area is 94.0 Å². The number of thiophene rings is 1. The fourth-order valence-corrected chi connectivity index (χ4v) is 1.80. The van der Waals surface area contributed by atoms with E-state index in [-0.39, 0.29) is 21.9 Å². The number of nitro groups is 1. The normalized spacial score (nSPS) is 10.5. The quantitative estimate of drug-likeness (QED) is 0.482. The molecule has 0 unspecified atom stereocenters. The third kappa shape index (κ3) is 2.99. The summed E-state index contributed by atoms with van der Waals surface area (Å²) in [6.45, 7) is 0. The summed E-state index contributed by atoms with van der Waals surface area (Å²) in [6.07, 6.45) is 2.93. The highest BCUT2D eigenvalue weighted by Gasteiger charge is 2.16. The van der Waals surface area contributed by atoms with Crippen molar-refractivity contribution in [2.24, 2.45) is 0 Å². The third-order valence-corrected chi connectivity index (χ3v) is 2.66. The van der Waals surface area contributed by atoms with E-state index < -0.39 is 10.9 Å². The molecule has 0 atom stereocenters. The number of carbonyl (C=O) groups excluding carboxylic acids is 1. The van der Waals surface area contributed by atoms with Gasteiger partial charge in [-0.15, -0.1) is 0 Å². The van der Waals surface area contributed by atoms with E-state index in [1.54, 1.807) is 0 Å². The van der Waals surface area contributed by atoms with Crippen molar-refractivity contribution in [1.82, 2.24) is 0 Å². The highest BCUT2D eigenvalue weighted by atomic mass is 32.1. The van der Waals surface area contributed by atoms with Crippen molar-refractivity contribution in [3.63, 3.8) is 0 Å². The van der Waals surface area contributed by atoms with Gasteiger partial charge in [0.05, 0.1) is 21.8 Å². The predicted molar refractivity (Wildman–Crippen MR) is 57.6 cm³/mol. The molecule has 0 aromatic carbocycles. The van der Waals surface area contributed by atoms with Gasteiger partial charge in [0.1, 0.15) is 0 Å². The fraction of sp³-hybridized carbons (Fsp3) is 0.111. The van der Waals surface area contributed by atoms with Crippen molar-refractivity contribution >= 4 is 34.7 Å². The van der Waals surface area contributed by atoms with Crippen LogP contribution >= 0.6 is 11.3 Å². The molecule has 0 radical (unpaired) electrons. The molecule has 1 aromatic heterocycles. The maximum Gasteiger partial charge on any atom is 0.331 e. The minimum atomic E-state index is -1.02. The Kier molecular flexibility index (Phi) is 3.90. The van der Waals surface area contributed by atoms with Crippen LogP contribution in [0, 0.1) is 10.1 Å². The SMILES string of the molecule is O=Cc1cc(C=CCC(=O)O)c([N+](=O)[O-])s1. The first-order valence-corrected chi connectivity index (χ1v) is 4.98. The number of nitrogens with zero attached hydrogens (tertiary/aromatic N) is 1. The number of carboxylic acid groups (broad SMARTS) is 1. The maximum absolute atomic E-state index is 10.6. The van der Waals surface area contributed by atoms with Crippen molar-refractivity contribution in [3.8, 4) is 0 Å². The number of carbonyl (C=O) groups is 2. The second kappa shape index (κ2) is 5.17. The van der Waals surface area contributed by atoms with Gasteiger partial charge in [0.2, 0.25) is 0 Å². The number of hydrogen-bond donors (Lipinski definition) is 1. The molecular weight excluding hydrogens is 234 g/mol. The number of aldehydes is 1. The second-order valence-corrected chi connectivity index (χ2v) is 3.85. The third-order valence-electron chi connectivity index (χ3n) is 1.63. The molecule has 0 aliphatic rings. The van der Waals surface area contributed by atoms with E-state index in [9.17, 15) is 19.7 Å². The van der Waals surface area contributed by atoms with Crippen molar-refractivity contribution in [2.75, 3.05) is 0 Å². The van der Waals surface area contributed by atoms with Crippen molar-refractivity contribution in [2.45, 2.75) is 6.42 Å². The van der Waals surface area contributed by atoms with Crippen LogP contribution < -0.4 is 0 Å². The van der Waals surface area contributed by atoms with Gasteiger partial charge in [-0.05, 0) is 6.07 Å². The van der Waals surface area contributed by atoms with E-state index in [1.165, 1.54) is 18.2 Å². The molecule has 0 bridgehead atoms. The minimum Gasteiger partial charge on any atom is -0.481 e. The van der Waals surface area contributed by atoms with Crippen molar-refractivity contribution < 1.29 is 19.6 Å². The smallest absolute Gasteiger partial charge is 0.331 e. The Morgan fingerprint density at radius 1 is 1.62 bits per heavy atom. The summed E-state index contributed by atoms with van der Waals surface area (Å²) in [5, 5.41) is 18.8. The Hall–Kier alpha value is -2.02. The van der Waals surface area contributed by atoms with Gasteiger partial charge in [0, 0.05) is 0 Å². The van der Waals surface area contributed by atoms with Crippen LogP contribution in [0.1, 0.15) is 21.7 Å². The zero-order valence-corrected chi connectivity index (χ0v) is 8.77. The van der Waals surface area contributed by atoms with Crippen LogP contribution in [0.3, 0.4) is 0 Å². The summed E-state index contributed by atoms with van der Waals surface area (Å²) in [7, 11) is 0. The minimum absolute atomic E-state index is 0.163. The fourth-order valence-electron chi connectivity index (χ4n) is 1.02. The molecule has 0 amide bonds. The van der Waals surface area contributed by atoms with E-state index in [0.717, 1.165) is 11.3 Å². The molecule has 1 N–H and O–H groups in total. The number of hydrogen-bond acceptors (Lipinski definition) is 5. The molecule has 0 fully saturated rings. The Morgan fingerprint density at radius 2 is 2.31 bits per heavy atom. The Bertz CT molecular complexity index is 462. The first-order valence-electron chi connectivity index (χ1n) is 4.16. The number of rotatable bonds is 5. The molecule has 6 nitrogen and oxygen atoms in total. The summed E-state index contributed by atoms with van der Waals surface area (Å²) in [6, 6.07) is 1.36. The Balaban J connectivity index is 2.97. The molecule has 0 saturated carbocycles. The van der Waals surface area contributed by atoms with Crippen LogP contribution in [0.2, 0.25) is 0 Å². The van der Waals surface area contributed by atoms with Gasteiger partial charge in [-0.25, -0.2) is 0 Å². The van der Waals surface area contributed by atoms with Crippen LogP contribution in [0.25, 0.3) is 6.08 Å². The summed E-state index contributed by atoms with van der Waals surface area (Å²) in [4.78, 5) is 30.9. The molecule has 7 heteroatoms. The molecule has 0 saturated heterocycles. The van der Waals surface area contributed by atoms with Crippen LogP contribution in [0.5, 0.6) is 0 Å².